The summed E-state index contributed by atoms with van der Waals surface area (Å²) in [5.41, 5.74) is 1.13. The van der Waals surface area contributed by atoms with Gasteiger partial charge in [0, 0.05) is 54.8 Å². The van der Waals surface area contributed by atoms with Gasteiger partial charge in [0.15, 0.2) is 0 Å². The molecule has 2 aliphatic rings. The molecule has 0 spiro atoms. The van der Waals surface area contributed by atoms with E-state index in [9.17, 15) is 0 Å². The molecule has 0 radical (unpaired) electrons. The molecular weight excluding hydrogens is 486 g/mol. The molecule has 1 N–H and O–H groups in total. The third kappa shape index (κ3) is 7.11. The van der Waals surface area contributed by atoms with E-state index in [0.29, 0.717) is 18.7 Å². The lowest BCUT2D eigenvalue weighted by Gasteiger charge is -2.35. The SMILES string of the molecule is C=CCCCNc1ccc(SN2CCN(c3cc(C(F)(F)C4CCCCC4)cc(Cl)n3)CC2)cc1. The van der Waals surface area contributed by atoms with Crippen molar-refractivity contribution in [3.05, 3.63) is 59.8 Å². The number of unbranched alkanes of at least 4 members (excludes halogenated alkanes) is 1. The van der Waals surface area contributed by atoms with Crippen molar-refractivity contribution in [1.82, 2.24) is 9.29 Å². The lowest BCUT2D eigenvalue weighted by atomic mass is 9.82. The van der Waals surface area contributed by atoms with Crippen LogP contribution in [0.15, 0.2) is 53.9 Å². The first-order valence-electron chi connectivity index (χ1n) is 12.6. The summed E-state index contributed by atoms with van der Waals surface area (Å²) in [7, 11) is 0. The molecule has 0 amide bonds. The summed E-state index contributed by atoms with van der Waals surface area (Å²) in [6.07, 6.45) is 7.98. The summed E-state index contributed by atoms with van der Waals surface area (Å²) in [5.74, 6) is -2.92. The van der Waals surface area contributed by atoms with Crippen molar-refractivity contribution in [1.29, 1.82) is 0 Å². The highest BCUT2D eigenvalue weighted by molar-refractivity contribution is 7.97. The average molecular weight is 521 g/mol. The smallest absolute Gasteiger partial charge is 0.276 e. The molecule has 0 unspecified atom stereocenters. The number of hydrogen-bond acceptors (Lipinski definition) is 5. The number of hydrogen-bond donors (Lipinski definition) is 1. The minimum atomic E-state index is -2.87. The zero-order valence-electron chi connectivity index (χ0n) is 20.2. The van der Waals surface area contributed by atoms with Gasteiger partial charge in [0.2, 0.25) is 0 Å². The maximum Gasteiger partial charge on any atom is 0.276 e. The Morgan fingerprint density at radius 3 is 2.49 bits per heavy atom. The Kier molecular flexibility index (Phi) is 9.31. The quantitative estimate of drug-likeness (QED) is 0.151. The van der Waals surface area contributed by atoms with Gasteiger partial charge in [-0.2, -0.15) is 0 Å². The Hall–Kier alpha value is -1.83. The predicted molar refractivity (Wildman–Crippen MR) is 144 cm³/mol. The van der Waals surface area contributed by atoms with Crippen molar-refractivity contribution in [3.63, 3.8) is 0 Å². The van der Waals surface area contributed by atoms with Gasteiger partial charge in [0.25, 0.3) is 5.92 Å². The molecule has 2 heterocycles. The third-order valence-corrected chi connectivity index (χ3v) is 8.15. The first-order valence-corrected chi connectivity index (χ1v) is 13.8. The maximum absolute atomic E-state index is 15.3. The number of pyridine rings is 1. The molecule has 190 valence electrons. The van der Waals surface area contributed by atoms with Crippen LogP contribution in [0.1, 0.15) is 50.5 Å². The molecule has 0 atom stereocenters. The summed E-state index contributed by atoms with van der Waals surface area (Å²) < 4.78 is 32.9. The van der Waals surface area contributed by atoms with Gasteiger partial charge < -0.3 is 10.2 Å². The second-order valence-corrected chi connectivity index (χ2v) is 10.9. The van der Waals surface area contributed by atoms with E-state index < -0.39 is 11.8 Å². The molecule has 1 saturated heterocycles. The zero-order chi connectivity index (χ0) is 24.7. The Morgan fingerprint density at radius 1 is 1.09 bits per heavy atom. The number of halogens is 3. The predicted octanol–water partition coefficient (Wildman–Crippen LogP) is 7.61. The van der Waals surface area contributed by atoms with Crippen molar-refractivity contribution < 1.29 is 8.78 Å². The van der Waals surface area contributed by atoms with E-state index in [0.717, 1.165) is 70.5 Å². The lowest BCUT2D eigenvalue weighted by molar-refractivity contribution is -0.0777. The molecule has 2 fully saturated rings. The molecule has 0 bridgehead atoms. The van der Waals surface area contributed by atoms with Crippen molar-refractivity contribution in [2.45, 2.75) is 55.8 Å². The van der Waals surface area contributed by atoms with Crippen molar-refractivity contribution >= 4 is 35.1 Å². The van der Waals surface area contributed by atoms with Crippen molar-refractivity contribution in [3.8, 4) is 0 Å². The number of piperazine rings is 1. The fraction of sp³-hybridized carbons (Fsp3) is 0.519. The number of anilines is 2. The van der Waals surface area contributed by atoms with Gasteiger partial charge >= 0.3 is 0 Å². The molecule has 35 heavy (non-hydrogen) atoms. The molecular formula is C27H35ClF2N4S. The zero-order valence-corrected chi connectivity index (χ0v) is 21.8. The monoisotopic (exact) mass is 520 g/mol. The number of rotatable bonds is 10. The molecule has 4 nitrogen and oxygen atoms in total. The van der Waals surface area contributed by atoms with E-state index in [1.54, 1.807) is 18.0 Å². The van der Waals surface area contributed by atoms with E-state index in [1.807, 2.05) is 6.08 Å². The highest BCUT2D eigenvalue weighted by Crippen LogP contribution is 2.44. The summed E-state index contributed by atoms with van der Waals surface area (Å²) in [4.78, 5) is 7.65. The first-order chi connectivity index (χ1) is 17.0. The van der Waals surface area contributed by atoms with E-state index in [2.05, 4.69) is 50.4 Å². The Morgan fingerprint density at radius 2 is 1.80 bits per heavy atom. The van der Waals surface area contributed by atoms with Crippen LogP contribution in [-0.2, 0) is 5.92 Å². The highest BCUT2D eigenvalue weighted by Gasteiger charge is 2.42. The fourth-order valence-electron chi connectivity index (χ4n) is 4.81. The van der Waals surface area contributed by atoms with Crippen LogP contribution in [-0.4, -0.2) is 42.0 Å². The van der Waals surface area contributed by atoms with Crippen LogP contribution in [0.2, 0.25) is 5.15 Å². The number of allylic oxidation sites excluding steroid dienone is 1. The van der Waals surface area contributed by atoms with Gasteiger partial charge in [0.1, 0.15) is 11.0 Å². The molecule has 8 heteroatoms. The largest absolute Gasteiger partial charge is 0.385 e. The lowest BCUT2D eigenvalue weighted by Crippen LogP contribution is -2.44. The molecule has 1 aromatic carbocycles. The Balaban J connectivity index is 1.32. The van der Waals surface area contributed by atoms with E-state index in [-0.39, 0.29) is 10.7 Å². The third-order valence-electron chi connectivity index (χ3n) is 6.85. The van der Waals surface area contributed by atoms with Crippen LogP contribution < -0.4 is 10.2 Å². The highest BCUT2D eigenvalue weighted by atomic mass is 35.5. The van der Waals surface area contributed by atoms with Gasteiger partial charge in [-0.1, -0.05) is 36.9 Å². The maximum atomic E-state index is 15.3. The molecule has 4 rings (SSSR count). The van der Waals surface area contributed by atoms with Gasteiger partial charge in [0.05, 0.1) is 0 Å². The van der Waals surface area contributed by atoms with Crippen LogP contribution in [0, 0.1) is 5.92 Å². The second kappa shape index (κ2) is 12.4. The van der Waals surface area contributed by atoms with Crippen molar-refractivity contribution in [2.24, 2.45) is 5.92 Å². The molecule has 2 aromatic rings. The van der Waals surface area contributed by atoms with Crippen LogP contribution in [0.3, 0.4) is 0 Å². The topological polar surface area (TPSA) is 31.4 Å². The number of benzene rings is 1. The first kappa shape index (κ1) is 26.2. The Bertz CT molecular complexity index is 958. The van der Waals surface area contributed by atoms with Crippen LogP contribution in [0.5, 0.6) is 0 Å². The Labute approximate surface area is 217 Å². The standard InChI is InChI=1S/C27H35ClF2N4S/c1-2-3-7-14-31-23-10-12-24(13-11-23)35-34-17-15-33(16-18-34)26-20-22(19-25(28)32-26)27(29,30)21-8-5-4-6-9-21/h2,10-13,19-21,31H,1,3-9,14-18H2. The van der Waals surface area contributed by atoms with Gasteiger partial charge in [-0.3, -0.25) is 0 Å². The van der Waals surface area contributed by atoms with E-state index in [1.165, 1.54) is 11.0 Å². The number of aromatic nitrogens is 1. The van der Waals surface area contributed by atoms with E-state index in [4.69, 9.17) is 11.6 Å². The van der Waals surface area contributed by atoms with Crippen LogP contribution in [0.4, 0.5) is 20.3 Å². The van der Waals surface area contributed by atoms with Gasteiger partial charge in [-0.25, -0.2) is 18.1 Å². The van der Waals surface area contributed by atoms with Gasteiger partial charge in [-0.15, -0.1) is 6.58 Å². The van der Waals surface area contributed by atoms with E-state index >= 15 is 8.78 Å². The van der Waals surface area contributed by atoms with Crippen LogP contribution in [0.25, 0.3) is 0 Å². The van der Waals surface area contributed by atoms with Crippen molar-refractivity contribution in [2.75, 3.05) is 42.9 Å². The fourth-order valence-corrected chi connectivity index (χ4v) is 5.91. The summed E-state index contributed by atoms with van der Waals surface area (Å²) in [6, 6.07) is 11.4. The summed E-state index contributed by atoms with van der Waals surface area (Å²) in [6.45, 7) is 7.76. The second-order valence-electron chi connectivity index (χ2n) is 9.38. The molecule has 1 saturated carbocycles. The molecule has 1 aliphatic carbocycles. The average Bonchev–Trinajstić information content (AvgIpc) is 2.88. The van der Waals surface area contributed by atoms with Crippen LogP contribution >= 0.6 is 23.5 Å². The summed E-state index contributed by atoms with van der Waals surface area (Å²) in [5, 5.41) is 3.57. The number of alkyl halides is 2. The number of nitrogens with one attached hydrogen (secondary N) is 1. The molecule has 1 aliphatic heterocycles. The molecule has 1 aromatic heterocycles. The normalized spacial score (nSPS) is 18.0. The number of nitrogens with zero attached hydrogens (tertiary/aromatic N) is 3. The minimum absolute atomic E-state index is 0.00870. The summed E-state index contributed by atoms with van der Waals surface area (Å²) >= 11 is 7.95. The van der Waals surface area contributed by atoms with Gasteiger partial charge in [-0.05, 0) is 74.0 Å². The minimum Gasteiger partial charge on any atom is -0.385 e.